The molecule has 2 aromatic rings. The van der Waals surface area contributed by atoms with Gasteiger partial charge in [0.2, 0.25) is 5.91 Å². The molecule has 0 spiro atoms. The number of hydrogen-bond donors (Lipinski definition) is 1. The molecule has 2 rings (SSSR count). The van der Waals surface area contributed by atoms with Gasteiger partial charge in [-0.25, -0.2) is 8.78 Å². The first kappa shape index (κ1) is 18.6. The molecule has 4 nitrogen and oxygen atoms in total. The summed E-state index contributed by atoms with van der Waals surface area (Å²) < 4.78 is 64.7. The molecule has 1 amide bonds. The summed E-state index contributed by atoms with van der Waals surface area (Å²) in [6, 6.07) is 3.67. The summed E-state index contributed by atoms with van der Waals surface area (Å²) in [4.78, 5) is 23.5. The van der Waals surface area contributed by atoms with Crippen LogP contribution in [0.5, 0.6) is 0 Å². The Kier molecular flexibility index (Phi) is 5.24. The molecule has 0 aliphatic rings. The first-order valence-electron chi connectivity index (χ1n) is 7.10. The van der Waals surface area contributed by atoms with Gasteiger partial charge >= 0.3 is 6.18 Å². The third kappa shape index (κ3) is 4.65. The van der Waals surface area contributed by atoms with Crippen LogP contribution < -0.4 is 10.9 Å². The number of alkyl halides is 3. The van der Waals surface area contributed by atoms with Crippen molar-refractivity contribution in [2.45, 2.75) is 25.7 Å². The summed E-state index contributed by atoms with van der Waals surface area (Å²) in [5.41, 5.74) is -1.57. The summed E-state index contributed by atoms with van der Waals surface area (Å²) in [7, 11) is 0. The maximum absolute atomic E-state index is 13.2. The highest BCUT2D eigenvalue weighted by molar-refractivity contribution is 5.76. The van der Waals surface area contributed by atoms with Gasteiger partial charge in [0, 0.05) is 12.3 Å². The van der Waals surface area contributed by atoms with Gasteiger partial charge in [0.05, 0.1) is 11.6 Å². The number of aromatic nitrogens is 1. The van der Waals surface area contributed by atoms with Gasteiger partial charge in [-0.1, -0.05) is 6.07 Å². The van der Waals surface area contributed by atoms with Gasteiger partial charge < -0.3 is 9.88 Å². The molecular formula is C16H13F5N2O2. The summed E-state index contributed by atoms with van der Waals surface area (Å²) in [5.74, 6) is -2.89. The van der Waals surface area contributed by atoms with Crippen molar-refractivity contribution in [2.75, 3.05) is 0 Å². The first-order chi connectivity index (χ1) is 11.6. The highest BCUT2D eigenvalue weighted by atomic mass is 19.4. The fourth-order valence-corrected chi connectivity index (χ4v) is 2.13. The molecule has 0 fully saturated rings. The van der Waals surface area contributed by atoms with Crippen LogP contribution >= 0.6 is 0 Å². The molecule has 134 valence electrons. The zero-order valence-electron chi connectivity index (χ0n) is 12.9. The highest BCUT2D eigenvalue weighted by Crippen LogP contribution is 2.28. The van der Waals surface area contributed by atoms with E-state index in [4.69, 9.17) is 0 Å². The second-order valence-corrected chi connectivity index (χ2v) is 5.34. The van der Waals surface area contributed by atoms with Crippen LogP contribution in [0.4, 0.5) is 22.0 Å². The van der Waals surface area contributed by atoms with Crippen molar-refractivity contribution in [2.24, 2.45) is 0 Å². The van der Waals surface area contributed by atoms with Crippen LogP contribution in [0.15, 0.2) is 41.3 Å². The average molecular weight is 360 g/mol. The normalized spacial score (nSPS) is 12.7. The van der Waals surface area contributed by atoms with E-state index >= 15 is 0 Å². The topological polar surface area (TPSA) is 51.1 Å². The molecule has 0 aliphatic heterocycles. The minimum Gasteiger partial charge on any atom is -0.348 e. The summed E-state index contributed by atoms with van der Waals surface area (Å²) in [6.45, 7) is 0.844. The third-order valence-corrected chi connectivity index (χ3v) is 3.45. The lowest BCUT2D eigenvalue weighted by Gasteiger charge is -2.16. The minimum absolute atomic E-state index is 0.267. The van der Waals surface area contributed by atoms with Crippen molar-refractivity contribution in [3.05, 3.63) is 69.6 Å². The van der Waals surface area contributed by atoms with Gasteiger partial charge in [0.25, 0.3) is 5.56 Å². The van der Waals surface area contributed by atoms with E-state index in [0.29, 0.717) is 16.8 Å². The lowest BCUT2D eigenvalue weighted by Crippen LogP contribution is -2.34. The Morgan fingerprint density at radius 1 is 1.16 bits per heavy atom. The summed E-state index contributed by atoms with van der Waals surface area (Å²) in [5, 5.41) is 2.41. The lowest BCUT2D eigenvalue weighted by atomic mass is 10.1. The van der Waals surface area contributed by atoms with Crippen LogP contribution in [0.1, 0.15) is 24.1 Å². The predicted octanol–water partition coefficient (Wildman–Crippen LogP) is 3.02. The smallest absolute Gasteiger partial charge is 0.348 e. The SMILES string of the molecule is CC(NC(=O)Cn1cc(C(F)(F)F)ccc1=O)c1ccc(F)c(F)c1. The Morgan fingerprint density at radius 2 is 1.84 bits per heavy atom. The molecular weight excluding hydrogens is 347 g/mol. The molecule has 25 heavy (non-hydrogen) atoms. The van der Waals surface area contributed by atoms with Crippen molar-refractivity contribution < 1.29 is 26.7 Å². The predicted molar refractivity (Wildman–Crippen MR) is 78.6 cm³/mol. The van der Waals surface area contributed by atoms with Gasteiger partial charge in [-0.15, -0.1) is 0 Å². The molecule has 1 atom stereocenters. The van der Waals surface area contributed by atoms with E-state index in [9.17, 15) is 31.5 Å². The van der Waals surface area contributed by atoms with Gasteiger partial charge in [-0.05, 0) is 30.7 Å². The van der Waals surface area contributed by atoms with Crippen molar-refractivity contribution in [3.63, 3.8) is 0 Å². The van der Waals surface area contributed by atoms with E-state index in [-0.39, 0.29) is 5.56 Å². The van der Waals surface area contributed by atoms with Crippen molar-refractivity contribution in [3.8, 4) is 0 Å². The van der Waals surface area contributed by atoms with Crippen LogP contribution in [0, 0.1) is 11.6 Å². The van der Waals surface area contributed by atoms with Crippen LogP contribution in [-0.2, 0) is 17.5 Å². The standard InChI is InChI=1S/C16H13F5N2O2/c1-9(10-2-4-12(17)13(18)6-10)22-14(24)8-23-7-11(16(19,20)21)3-5-15(23)25/h2-7,9H,8H2,1H3,(H,22,24). The number of halogens is 5. The molecule has 0 saturated heterocycles. The quantitative estimate of drug-likeness (QED) is 0.853. The largest absolute Gasteiger partial charge is 0.417 e. The molecule has 1 unspecified atom stereocenters. The fraction of sp³-hybridized carbons (Fsp3) is 0.250. The first-order valence-corrected chi connectivity index (χ1v) is 7.10. The summed E-state index contributed by atoms with van der Waals surface area (Å²) >= 11 is 0. The van der Waals surface area contributed by atoms with Gasteiger partial charge in [0.1, 0.15) is 6.54 Å². The van der Waals surface area contributed by atoms with E-state index in [1.54, 1.807) is 0 Å². The van der Waals surface area contributed by atoms with E-state index < -0.39 is 47.4 Å². The Labute approximate surface area is 138 Å². The van der Waals surface area contributed by atoms with E-state index in [2.05, 4.69) is 5.32 Å². The molecule has 1 aromatic carbocycles. The Morgan fingerprint density at radius 3 is 2.44 bits per heavy atom. The van der Waals surface area contributed by atoms with Crippen LogP contribution in [-0.4, -0.2) is 10.5 Å². The second kappa shape index (κ2) is 7.04. The Bertz CT molecular complexity index is 845. The molecule has 0 saturated carbocycles. The summed E-state index contributed by atoms with van der Waals surface area (Å²) in [6.07, 6.45) is -4.10. The lowest BCUT2D eigenvalue weighted by molar-refractivity contribution is -0.138. The van der Waals surface area contributed by atoms with E-state index in [1.165, 1.54) is 13.0 Å². The molecule has 9 heteroatoms. The van der Waals surface area contributed by atoms with Crippen LogP contribution in [0.3, 0.4) is 0 Å². The van der Waals surface area contributed by atoms with E-state index in [1.807, 2.05) is 0 Å². The highest BCUT2D eigenvalue weighted by Gasteiger charge is 2.31. The molecule has 0 bridgehead atoms. The molecule has 0 aliphatic carbocycles. The number of benzene rings is 1. The van der Waals surface area contributed by atoms with Crippen LogP contribution in [0.2, 0.25) is 0 Å². The maximum Gasteiger partial charge on any atom is 0.417 e. The van der Waals surface area contributed by atoms with Gasteiger partial charge in [-0.2, -0.15) is 13.2 Å². The monoisotopic (exact) mass is 360 g/mol. The molecule has 1 N–H and O–H groups in total. The van der Waals surface area contributed by atoms with Crippen molar-refractivity contribution >= 4 is 5.91 Å². The van der Waals surface area contributed by atoms with E-state index in [0.717, 1.165) is 18.2 Å². The second-order valence-electron chi connectivity index (χ2n) is 5.34. The number of carbonyl (C=O) groups excluding carboxylic acids is 1. The number of rotatable bonds is 4. The number of amides is 1. The Hall–Kier alpha value is -2.71. The average Bonchev–Trinajstić information content (AvgIpc) is 2.50. The van der Waals surface area contributed by atoms with Crippen molar-refractivity contribution in [1.82, 2.24) is 9.88 Å². The number of nitrogens with zero attached hydrogens (tertiary/aromatic N) is 1. The number of pyridine rings is 1. The number of carbonyl (C=O) groups is 1. The van der Waals surface area contributed by atoms with Crippen molar-refractivity contribution in [1.29, 1.82) is 0 Å². The number of nitrogens with one attached hydrogen (secondary N) is 1. The molecule has 1 aromatic heterocycles. The molecule has 1 heterocycles. The maximum atomic E-state index is 13.2. The number of hydrogen-bond acceptors (Lipinski definition) is 2. The zero-order chi connectivity index (χ0) is 18.8. The molecule has 0 radical (unpaired) electrons. The van der Waals surface area contributed by atoms with Gasteiger partial charge in [0.15, 0.2) is 11.6 Å². The Balaban J connectivity index is 2.12. The minimum atomic E-state index is -4.65. The third-order valence-electron chi connectivity index (χ3n) is 3.45. The fourth-order valence-electron chi connectivity index (χ4n) is 2.13. The zero-order valence-corrected chi connectivity index (χ0v) is 12.9. The van der Waals surface area contributed by atoms with Crippen LogP contribution in [0.25, 0.3) is 0 Å². The van der Waals surface area contributed by atoms with Gasteiger partial charge in [-0.3, -0.25) is 9.59 Å².